The van der Waals surface area contributed by atoms with Gasteiger partial charge in [-0.25, -0.2) is 4.39 Å². The molecule has 1 saturated heterocycles. The van der Waals surface area contributed by atoms with Gasteiger partial charge in [0.15, 0.2) is 11.5 Å². The van der Waals surface area contributed by atoms with Crippen LogP contribution in [0, 0.1) is 5.82 Å². The molecule has 0 amide bonds. The Bertz CT molecular complexity index is 1190. The van der Waals surface area contributed by atoms with E-state index in [0.717, 1.165) is 54.6 Å². The van der Waals surface area contributed by atoms with Crippen molar-refractivity contribution in [1.29, 1.82) is 0 Å². The van der Waals surface area contributed by atoms with E-state index in [4.69, 9.17) is 14.2 Å². The molecule has 4 nitrogen and oxygen atoms in total. The zero-order valence-electron chi connectivity index (χ0n) is 18.4. The minimum atomic E-state index is -4.60. The monoisotopic (exact) mass is 513 g/mol. The van der Waals surface area contributed by atoms with Crippen molar-refractivity contribution < 1.29 is 44.9 Å². The second-order valence-electron chi connectivity index (χ2n) is 8.32. The van der Waals surface area contributed by atoms with Gasteiger partial charge in [-0.15, -0.1) is 0 Å². The van der Waals surface area contributed by atoms with Crippen molar-refractivity contribution in [2.24, 2.45) is 0 Å². The number of anilines is 1. The van der Waals surface area contributed by atoms with Crippen molar-refractivity contribution in [3.63, 3.8) is 0 Å². The number of nitrogens with zero attached hydrogens (tertiary/aromatic N) is 1. The molecule has 2 aliphatic heterocycles. The molecule has 0 bridgehead atoms. The first-order valence-electron chi connectivity index (χ1n) is 10.9. The molecule has 0 spiro atoms. The van der Waals surface area contributed by atoms with Gasteiger partial charge in [0, 0.05) is 36.3 Å². The number of halogens is 7. The number of hydrogen-bond acceptors (Lipinski definition) is 4. The maximum atomic E-state index is 15.0. The molecule has 36 heavy (non-hydrogen) atoms. The lowest BCUT2D eigenvalue weighted by Crippen LogP contribution is -2.37. The summed E-state index contributed by atoms with van der Waals surface area (Å²) in [7, 11) is 0. The van der Waals surface area contributed by atoms with Gasteiger partial charge in [0.1, 0.15) is 5.82 Å². The van der Waals surface area contributed by atoms with Gasteiger partial charge in [-0.3, -0.25) is 0 Å². The molecular formula is C25H18F7NO3. The Morgan fingerprint density at radius 3 is 1.56 bits per heavy atom. The van der Waals surface area contributed by atoms with Gasteiger partial charge in [0.25, 0.3) is 0 Å². The van der Waals surface area contributed by atoms with E-state index in [1.54, 1.807) is 4.90 Å². The third-order valence-corrected chi connectivity index (χ3v) is 6.06. The lowest BCUT2D eigenvalue weighted by Gasteiger charge is -2.29. The molecule has 0 N–H and O–H groups in total. The molecule has 1 fully saturated rings. The van der Waals surface area contributed by atoms with Crippen LogP contribution in [0.2, 0.25) is 0 Å². The summed E-state index contributed by atoms with van der Waals surface area (Å²) in [5.74, 6) is -2.50. The molecule has 11 heteroatoms. The molecule has 5 rings (SSSR count). The third kappa shape index (κ3) is 4.32. The first-order chi connectivity index (χ1) is 17.0. The second kappa shape index (κ2) is 8.58. The first kappa shape index (κ1) is 24.2. The summed E-state index contributed by atoms with van der Waals surface area (Å²) < 4.78 is 111. The van der Waals surface area contributed by atoms with Crippen LogP contribution < -0.4 is 14.4 Å². The minimum Gasteiger partial charge on any atom is -0.440 e. The van der Waals surface area contributed by atoms with Crippen molar-refractivity contribution in [3.8, 4) is 11.5 Å². The molecule has 190 valence electrons. The topological polar surface area (TPSA) is 30.9 Å². The number of fused-ring (bicyclic) bond motifs is 1. The molecule has 0 aromatic heterocycles. The van der Waals surface area contributed by atoms with E-state index in [2.05, 4.69) is 0 Å². The number of morpholine rings is 1. The predicted molar refractivity (Wildman–Crippen MR) is 114 cm³/mol. The number of ether oxygens (including phenoxy) is 3. The lowest BCUT2D eigenvalue weighted by atomic mass is 9.95. The normalized spacial score (nSPS) is 17.4. The van der Waals surface area contributed by atoms with Gasteiger partial charge in [-0.1, -0.05) is 24.3 Å². The van der Waals surface area contributed by atoms with Crippen LogP contribution in [0.1, 0.15) is 22.3 Å². The van der Waals surface area contributed by atoms with Gasteiger partial charge in [-0.05, 0) is 24.3 Å². The molecule has 0 aliphatic carbocycles. The van der Waals surface area contributed by atoms with E-state index >= 15 is 0 Å². The molecular weight excluding hydrogens is 495 g/mol. The summed E-state index contributed by atoms with van der Waals surface area (Å²) in [5.41, 5.74) is -1.47. The molecule has 0 radical (unpaired) electrons. The van der Waals surface area contributed by atoms with Gasteiger partial charge in [0.05, 0.1) is 30.0 Å². The Kier molecular flexibility index (Phi) is 5.77. The average molecular weight is 513 g/mol. The zero-order valence-corrected chi connectivity index (χ0v) is 18.4. The Morgan fingerprint density at radius 2 is 1.11 bits per heavy atom. The fraction of sp³-hybridized carbons (Fsp3) is 0.280. The van der Waals surface area contributed by atoms with E-state index in [1.165, 1.54) is 6.07 Å². The number of hydrogen-bond donors (Lipinski definition) is 0. The standard InChI is InChI=1S/C25H18F7NO3/c26-19-13-21-22(14-20(19)33-9-11-34-12-10-33)36-23(35-21,15-1-5-17(6-2-15)24(27,28)29)16-3-7-18(8-4-16)25(30,31)32/h1-8,13-14H,9-12H2. The number of rotatable bonds is 3. The van der Waals surface area contributed by atoms with Gasteiger partial charge in [-0.2, -0.15) is 26.3 Å². The van der Waals surface area contributed by atoms with E-state index in [1.807, 2.05) is 0 Å². The SMILES string of the molecule is Fc1cc2c(cc1N1CCOCC1)OC(c1ccc(C(F)(F)F)cc1)(c1ccc(C(F)(F)F)cc1)O2. The van der Waals surface area contributed by atoms with Crippen molar-refractivity contribution in [1.82, 2.24) is 0 Å². The quantitative estimate of drug-likeness (QED) is 0.381. The maximum Gasteiger partial charge on any atom is 0.416 e. The molecule has 2 heterocycles. The molecule has 0 atom stereocenters. The number of benzene rings is 3. The van der Waals surface area contributed by atoms with Crippen LogP contribution in [0.4, 0.5) is 36.4 Å². The fourth-order valence-corrected chi connectivity index (χ4v) is 4.22. The van der Waals surface area contributed by atoms with Crippen molar-refractivity contribution >= 4 is 5.69 Å². The van der Waals surface area contributed by atoms with E-state index in [0.29, 0.717) is 26.3 Å². The third-order valence-electron chi connectivity index (χ3n) is 6.06. The van der Waals surface area contributed by atoms with Crippen molar-refractivity contribution in [2.45, 2.75) is 18.1 Å². The Balaban J connectivity index is 1.59. The summed E-state index contributed by atoms with van der Waals surface area (Å²) in [5, 5.41) is 0. The highest BCUT2D eigenvalue weighted by Gasteiger charge is 2.47. The largest absolute Gasteiger partial charge is 0.440 e. The molecule has 0 unspecified atom stereocenters. The van der Waals surface area contributed by atoms with Crippen LogP contribution in [0.3, 0.4) is 0 Å². The summed E-state index contributed by atoms with van der Waals surface area (Å²) in [4.78, 5) is 1.75. The highest BCUT2D eigenvalue weighted by molar-refractivity contribution is 5.60. The summed E-state index contributed by atoms with van der Waals surface area (Å²) in [6.45, 7) is 1.66. The predicted octanol–water partition coefficient (Wildman–Crippen LogP) is 6.37. The van der Waals surface area contributed by atoms with Crippen molar-refractivity contribution in [2.75, 3.05) is 31.2 Å². The van der Waals surface area contributed by atoms with Crippen LogP contribution in [-0.2, 0) is 22.9 Å². The van der Waals surface area contributed by atoms with Gasteiger partial charge in [0.2, 0.25) is 0 Å². The maximum absolute atomic E-state index is 15.0. The molecule has 2 aliphatic rings. The molecule has 3 aromatic carbocycles. The Morgan fingerprint density at radius 1 is 0.667 bits per heavy atom. The second-order valence-corrected chi connectivity index (χ2v) is 8.32. The number of alkyl halides is 6. The smallest absolute Gasteiger partial charge is 0.416 e. The lowest BCUT2D eigenvalue weighted by molar-refractivity contribution is -0.138. The van der Waals surface area contributed by atoms with Crippen molar-refractivity contribution in [3.05, 3.63) is 88.7 Å². The molecule has 0 saturated carbocycles. The fourth-order valence-electron chi connectivity index (χ4n) is 4.22. The van der Waals surface area contributed by atoms with Crippen LogP contribution in [0.15, 0.2) is 60.7 Å². The summed E-state index contributed by atoms with van der Waals surface area (Å²) in [6.07, 6.45) is -9.20. The van der Waals surface area contributed by atoms with Gasteiger partial charge < -0.3 is 19.1 Å². The van der Waals surface area contributed by atoms with E-state index < -0.39 is 35.1 Å². The highest BCUT2D eigenvalue weighted by Crippen LogP contribution is 2.50. The van der Waals surface area contributed by atoms with E-state index in [-0.39, 0.29) is 28.3 Å². The first-order valence-corrected chi connectivity index (χ1v) is 10.9. The minimum absolute atomic E-state index is 0.0377. The summed E-state index contributed by atoms with van der Waals surface area (Å²) in [6, 6.07) is 10.2. The average Bonchev–Trinajstić information content (AvgIpc) is 3.22. The van der Waals surface area contributed by atoms with Crippen LogP contribution >= 0.6 is 0 Å². The van der Waals surface area contributed by atoms with Crippen LogP contribution in [0.25, 0.3) is 0 Å². The Hall–Kier alpha value is -3.47. The zero-order chi connectivity index (χ0) is 25.7. The van der Waals surface area contributed by atoms with Crippen LogP contribution in [0.5, 0.6) is 11.5 Å². The molecule has 3 aromatic rings. The van der Waals surface area contributed by atoms with E-state index in [9.17, 15) is 30.7 Å². The Labute approximate surface area is 200 Å². The van der Waals surface area contributed by atoms with Gasteiger partial charge >= 0.3 is 18.1 Å². The van der Waals surface area contributed by atoms with Crippen LogP contribution in [-0.4, -0.2) is 26.3 Å². The highest BCUT2D eigenvalue weighted by atomic mass is 19.4. The summed E-state index contributed by atoms with van der Waals surface area (Å²) >= 11 is 0.